The van der Waals surface area contributed by atoms with Crippen molar-refractivity contribution in [2.45, 2.75) is 12.2 Å². The van der Waals surface area contributed by atoms with Crippen LogP contribution in [0.5, 0.6) is 0 Å². The van der Waals surface area contributed by atoms with E-state index in [1.165, 1.54) is 12.1 Å². The average Bonchev–Trinajstić information content (AvgIpc) is 2.64. The first-order valence-electron chi connectivity index (χ1n) is 8.84. The number of benzene rings is 2. The summed E-state index contributed by atoms with van der Waals surface area (Å²) in [5, 5.41) is 20.5. The Kier molecular flexibility index (Phi) is 6.32. The summed E-state index contributed by atoms with van der Waals surface area (Å²) in [6.07, 6.45) is -1.74. The summed E-state index contributed by atoms with van der Waals surface area (Å²) in [7, 11) is 0. The molecule has 140 valence electrons. The van der Waals surface area contributed by atoms with Gasteiger partial charge in [-0.3, -0.25) is 9.80 Å². The SMILES string of the molecule is O[C@H](CN1CCN(C[C@H](O)c2ccccc2F)CC1)c1ccccc1F. The highest BCUT2D eigenvalue weighted by atomic mass is 19.1. The van der Waals surface area contributed by atoms with Crippen LogP contribution in [0.25, 0.3) is 0 Å². The molecule has 4 nitrogen and oxygen atoms in total. The van der Waals surface area contributed by atoms with Crippen molar-refractivity contribution in [3.63, 3.8) is 0 Å². The maximum Gasteiger partial charge on any atom is 0.129 e. The molecule has 1 saturated heterocycles. The number of rotatable bonds is 6. The lowest BCUT2D eigenvalue weighted by Gasteiger charge is -2.36. The Morgan fingerprint density at radius 1 is 0.692 bits per heavy atom. The fourth-order valence-corrected chi connectivity index (χ4v) is 3.33. The number of aliphatic hydroxyl groups is 2. The van der Waals surface area contributed by atoms with Gasteiger partial charge in [0.05, 0.1) is 12.2 Å². The van der Waals surface area contributed by atoms with Crippen molar-refractivity contribution < 1.29 is 19.0 Å². The number of nitrogens with zero attached hydrogens (tertiary/aromatic N) is 2. The van der Waals surface area contributed by atoms with Gasteiger partial charge in [0.2, 0.25) is 0 Å². The molecule has 0 amide bonds. The van der Waals surface area contributed by atoms with Gasteiger partial charge in [0.15, 0.2) is 0 Å². The topological polar surface area (TPSA) is 46.9 Å². The Labute approximate surface area is 152 Å². The molecule has 0 radical (unpaired) electrons. The lowest BCUT2D eigenvalue weighted by molar-refractivity contribution is 0.0465. The second-order valence-electron chi connectivity index (χ2n) is 6.68. The van der Waals surface area contributed by atoms with Crippen LogP contribution in [0.2, 0.25) is 0 Å². The first-order valence-corrected chi connectivity index (χ1v) is 8.84. The number of hydrogen-bond acceptors (Lipinski definition) is 4. The van der Waals surface area contributed by atoms with Gasteiger partial charge in [0, 0.05) is 50.4 Å². The zero-order valence-electron chi connectivity index (χ0n) is 14.6. The third-order valence-corrected chi connectivity index (χ3v) is 4.86. The molecule has 0 spiro atoms. The van der Waals surface area contributed by atoms with Gasteiger partial charge in [-0.1, -0.05) is 36.4 Å². The van der Waals surface area contributed by atoms with Gasteiger partial charge in [-0.15, -0.1) is 0 Å². The van der Waals surface area contributed by atoms with Crippen LogP contribution < -0.4 is 0 Å². The van der Waals surface area contributed by atoms with Crippen molar-refractivity contribution in [1.29, 1.82) is 0 Å². The Balaban J connectivity index is 1.48. The van der Waals surface area contributed by atoms with Gasteiger partial charge in [0.25, 0.3) is 0 Å². The molecule has 1 fully saturated rings. The molecule has 0 saturated carbocycles. The Hall–Kier alpha value is -1.86. The molecule has 1 aliphatic heterocycles. The lowest BCUT2D eigenvalue weighted by Crippen LogP contribution is -2.48. The van der Waals surface area contributed by atoms with Crippen LogP contribution in [0.4, 0.5) is 8.78 Å². The second kappa shape index (κ2) is 8.68. The average molecular weight is 362 g/mol. The third kappa shape index (κ3) is 4.65. The summed E-state index contributed by atoms with van der Waals surface area (Å²) in [5.74, 6) is -0.793. The maximum absolute atomic E-state index is 13.7. The summed E-state index contributed by atoms with van der Waals surface area (Å²) in [6.45, 7) is 3.55. The Morgan fingerprint density at radius 2 is 1.04 bits per heavy atom. The molecule has 0 aromatic heterocycles. The quantitative estimate of drug-likeness (QED) is 0.828. The monoisotopic (exact) mass is 362 g/mol. The molecular formula is C20H24F2N2O2. The predicted molar refractivity (Wildman–Crippen MR) is 95.6 cm³/mol. The van der Waals surface area contributed by atoms with E-state index in [1.807, 2.05) is 0 Å². The first-order chi connectivity index (χ1) is 12.5. The van der Waals surface area contributed by atoms with E-state index in [0.717, 1.165) is 0 Å². The van der Waals surface area contributed by atoms with Crippen LogP contribution in [0.15, 0.2) is 48.5 Å². The van der Waals surface area contributed by atoms with Crippen LogP contribution in [0.3, 0.4) is 0 Å². The molecule has 0 bridgehead atoms. The fraction of sp³-hybridized carbons (Fsp3) is 0.400. The number of β-amino-alcohol motifs (C(OH)–C–C–N with tert-alkyl or cyclic N) is 2. The Bertz CT molecular complexity index is 659. The van der Waals surface area contributed by atoms with E-state index in [9.17, 15) is 19.0 Å². The van der Waals surface area contributed by atoms with Crippen molar-refractivity contribution in [3.8, 4) is 0 Å². The molecule has 0 aliphatic carbocycles. The minimum Gasteiger partial charge on any atom is -0.387 e. The smallest absolute Gasteiger partial charge is 0.129 e. The van der Waals surface area contributed by atoms with Gasteiger partial charge in [0.1, 0.15) is 11.6 Å². The predicted octanol–water partition coefficient (Wildman–Crippen LogP) is 2.35. The highest BCUT2D eigenvalue weighted by Crippen LogP contribution is 2.20. The van der Waals surface area contributed by atoms with Gasteiger partial charge in [-0.05, 0) is 12.1 Å². The third-order valence-electron chi connectivity index (χ3n) is 4.86. The number of halogens is 2. The van der Waals surface area contributed by atoms with Crippen molar-refractivity contribution in [2.24, 2.45) is 0 Å². The first kappa shape index (κ1) is 18.9. The van der Waals surface area contributed by atoms with E-state index in [0.29, 0.717) is 50.4 Å². The van der Waals surface area contributed by atoms with Crippen molar-refractivity contribution >= 4 is 0 Å². The molecule has 1 heterocycles. The number of aliphatic hydroxyl groups excluding tert-OH is 2. The van der Waals surface area contributed by atoms with Gasteiger partial charge in [-0.2, -0.15) is 0 Å². The van der Waals surface area contributed by atoms with Crippen molar-refractivity contribution in [1.82, 2.24) is 9.80 Å². The van der Waals surface area contributed by atoms with E-state index < -0.39 is 23.8 Å². The highest BCUT2D eigenvalue weighted by molar-refractivity contribution is 5.21. The molecule has 3 rings (SSSR count). The summed E-state index contributed by atoms with van der Waals surface area (Å²) in [5.41, 5.74) is 0.620. The molecule has 2 atom stereocenters. The zero-order valence-corrected chi connectivity index (χ0v) is 14.6. The van der Waals surface area contributed by atoms with E-state index >= 15 is 0 Å². The minimum absolute atomic E-state index is 0.310. The largest absolute Gasteiger partial charge is 0.387 e. The fourth-order valence-electron chi connectivity index (χ4n) is 3.33. The van der Waals surface area contributed by atoms with Crippen molar-refractivity contribution in [2.75, 3.05) is 39.3 Å². The Morgan fingerprint density at radius 3 is 1.38 bits per heavy atom. The molecule has 2 aromatic carbocycles. The molecule has 2 N–H and O–H groups in total. The second-order valence-corrected chi connectivity index (χ2v) is 6.68. The lowest BCUT2D eigenvalue weighted by atomic mass is 10.1. The summed E-state index contributed by atoms with van der Waals surface area (Å²) >= 11 is 0. The van der Waals surface area contributed by atoms with Gasteiger partial charge >= 0.3 is 0 Å². The summed E-state index contributed by atoms with van der Waals surface area (Å²) in [4.78, 5) is 4.15. The van der Waals surface area contributed by atoms with E-state index in [2.05, 4.69) is 9.80 Å². The van der Waals surface area contributed by atoms with Crippen LogP contribution in [-0.4, -0.2) is 59.3 Å². The molecule has 1 aliphatic rings. The maximum atomic E-state index is 13.7. The molecule has 0 unspecified atom stereocenters. The standard InChI is InChI=1S/C20H24F2N2O2/c21-17-7-3-1-5-15(17)19(25)13-23-9-11-24(12-10-23)14-20(26)16-6-2-4-8-18(16)22/h1-8,19-20,25-26H,9-14H2/t19-,20+. The molecular weight excluding hydrogens is 338 g/mol. The summed E-state index contributed by atoms with van der Waals surface area (Å²) < 4.78 is 27.5. The van der Waals surface area contributed by atoms with Crippen LogP contribution in [0.1, 0.15) is 23.3 Å². The number of piperazine rings is 1. The van der Waals surface area contributed by atoms with Crippen LogP contribution in [-0.2, 0) is 0 Å². The molecule has 6 heteroatoms. The highest BCUT2D eigenvalue weighted by Gasteiger charge is 2.23. The van der Waals surface area contributed by atoms with Gasteiger partial charge in [-0.25, -0.2) is 8.78 Å². The summed E-state index contributed by atoms with van der Waals surface area (Å²) in [6, 6.07) is 12.5. The van der Waals surface area contributed by atoms with Crippen molar-refractivity contribution in [3.05, 3.63) is 71.3 Å². The molecule has 2 aromatic rings. The van der Waals surface area contributed by atoms with E-state index in [-0.39, 0.29) is 0 Å². The minimum atomic E-state index is -0.869. The van der Waals surface area contributed by atoms with E-state index in [4.69, 9.17) is 0 Å². The zero-order chi connectivity index (χ0) is 18.5. The van der Waals surface area contributed by atoms with E-state index in [1.54, 1.807) is 36.4 Å². The normalized spacial score (nSPS) is 18.6. The van der Waals surface area contributed by atoms with Crippen LogP contribution >= 0.6 is 0 Å². The van der Waals surface area contributed by atoms with Gasteiger partial charge < -0.3 is 10.2 Å². The van der Waals surface area contributed by atoms with Crippen LogP contribution in [0, 0.1) is 11.6 Å². The number of hydrogen-bond donors (Lipinski definition) is 2. The molecule has 26 heavy (non-hydrogen) atoms.